The Labute approximate surface area is 108 Å². The summed E-state index contributed by atoms with van der Waals surface area (Å²) in [6.07, 6.45) is 3.83. The van der Waals surface area contributed by atoms with Crippen LogP contribution in [0.3, 0.4) is 0 Å². The maximum atomic E-state index is 11.9. The van der Waals surface area contributed by atoms with Crippen molar-refractivity contribution < 1.29 is 4.79 Å². The van der Waals surface area contributed by atoms with Crippen molar-refractivity contribution in [3.8, 4) is 0 Å². The van der Waals surface area contributed by atoms with Gasteiger partial charge in [-0.1, -0.05) is 26.1 Å². The summed E-state index contributed by atoms with van der Waals surface area (Å²) >= 11 is 5.07. The Morgan fingerprint density at radius 3 is 2.71 bits per heavy atom. The van der Waals surface area contributed by atoms with Crippen LogP contribution in [0, 0.1) is 10.6 Å². The zero-order valence-corrected chi connectivity index (χ0v) is 11.4. The highest BCUT2D eigenvalue weighted by atomic mass is 32.1. The summed E-state index contributed by atoms with van der Waals surface area (Å²) in [5, 5.41) is 2.97. The number of H-pyrrole nitrogens is 1. The van der Waals surface area contributed by atoms with E-state index in [2.05, 4.69) is 24.1 Å². The van der Waals surface area contributed by atoms with Gasteiger partial charge in [-0.15, -0.1) is 0 Å². The monoisotopic (exact) mass is 252 g/mol. The summed E-state index contributed by atoms with van der Waals surface area (Å²) in [4.78, 5) is 14.8. The number of nitrogens with one attached hydrogen (secondary N) is 2. The first-order valence-electron chi connectivity index (χ1n) is 5.99. The van der Waals surface area contributed by atoms with Crippen molar-refractivity contribution >= 4 is 18.1 Å². The van der Waals surface area contributed by atoms with Gasteiger partial charge in [-0.05, 0) is 37.8 Å². The molecule has 1 atom stereocenters. The van der Waals surface area contributed by atoms with Gasteiger partial charge in [0.05, 0.1) is 5.56 Å². The van der Waals surface area contributed by atoms with Crippen LogP contribution in [-0.4, -0.2) is 16.9 Å². The van der Waals surface area contributed by atoms with E-state index in [1.165, 1.54) is 0 Å². The smallest absolute Gasteiger partial charge is 0.254 e. The van der Waals surface area contributed by atoms with Crippen LogP contribution in [0.25, 0.3) is 0 Å². The first-order valence-corrected chi connectivity index (χ1v) is 6.40. The summed E-state index contributed by atoms with van der Waals surface area (Å²) in [6.45, 7) is 6.39. The first kappa shape index (κ1) is 13.9. The summed E-state index contributed by atoms with van der Waals surface area (Å²) in [6, 6.07) is 3.70. The average molecular weight is 252 g/mol. The quantitative estimate of drug-likeness (QED) is 0.790. The number of amides is 1. The van der Waals surface area contributed by atoms with Crippen LogP contribution in [0.2, 0.25) is 0 Å². The normalized spacial score (nSPS) is 12.5. The van der Waals surface area contributed by atoms with Crippen LogP contribution in [0.1, 0.15) is 44.0 Å². The Bertz CT molecular complexity index is 425. The Kier molecular flexibility index (Phi) is 5.35. The molecule has 2 N–H and O–H groups in total. The molecule has 1 aromatic heterocycles. The summed E-state index contributed by atoms with van der Waals surface area (Å²) in [5.41, 5.74) is 0.541. The van der Waals surface area contributed by atoms with Crippen LogP contribution >= 0.6 is 12.2 Å². The molecular weight excluding hydrogens is 232 g/mol. The lowest BCUT2D eigenvalue weighted by atomic mass is 10.0. The number of hydrogen-bond acceptors (Lipinski definition) is 2. The zero-order chi connectivity index (χ0) is 12.8. The van der Waals surface area contributed by atoms with E-state index in [0.717, 1.165) is 12.8 Å². The largest absolute Gasteiger partial charge is 0.352 e. The van der Waals surface area contributed by atoms with Gasteiger partial charge < -0.3 is 10.3 Å². The number of aromatic nitrogens is 1. The topological polar surface area (TPSA) is 44.9 Å². The second kappa shape index (κ2) is 6.55. The number of carbonyl (C=O) groups is 1. The molecule has 1 rings (SSSR count). The minimum Gasteiger partial charge on any atom is -0.352 e. The Hall–Kier alpha value is -1.16. The van der Waals surface area contributed by atoms with Gasteiger partial charge in [-0.25, -0.2) is 0 Å². The average Bonchev–Trinajstić information content (AvgIpc) is 2.26. The Morgan fingerprint density at radius 1 is 1.41 bits per heavy atom. The molecule has 0 aliphatic rings. The van der Waals surface area contributed by atoms with E-state index < -0.39 is 0 Å². The predicted octanol–water partition coefficient (Wildman–Crippen LogP) is 3.30. The second-order valence-corrected chi connectivity index (χ2v) is 5.17. The second-order valence-electron chi connectivity index (χ2n) is 4.76. The molecular formula is C13H20N2OS. The highest BCUT2D eigenvalue weighted by Crippen LogP contribution is 2.07. The summed E-state index contributed by atoms with van der Waals surface area (Å²) in [7, 11) is 0. The van der Waals surface area contributed by atoms with E-state index in [1.807, 2.05) is 6.92 Å². The fourth-order valence-corrected chi connectivity index (χ4v) is 1.79. The van der Waals surface area contributed by atoms with Crippen LogP contribution in [-0.2, 0) is 0 Å². The van der Waals surface area contributed by atoms with Gasteiger partial charge in [0.25, 0.3) is 5.91 Å². The fourth-order valence-electron chi connectivity index (χ4n) is 1.56. The molecule has 3 nitrogen and oxygen atoms in total. The molecule has 17 heavy (non-hydrogen) atoms. The van der Waals surface area contributed by atoms with Crippen molar-refractivity contribution in [2.45, 2.75) is 39.7 Å². The molecule has 0 radical (unpaired) electrons. The van der Waals surface area contributed by atoms with Gasteiger partial charge in [-0.2, -0.15) is 0 Å². The van der Waals surface area contributed by atoms with E-state index >= 15 is 0 Å². The Morgan fingerprint density at radius 2 is 2.12 bits per heavy atom. The third-order valence-electron chi connectivity index (χ3n) is 2.62. The van der Waals surface area contributed by atoms with E-state index in [0.29, 0.717) is 16.1 Å². The molecule has 0 spiro atoms. The summed E-state index contributed by atoms with van der Waals surface area (Å²) < 4.78 is 0.487. The van der Waals surface area contributed by atoms with E-state index in [-0.39, 0.29) is 11.9 Å². The van der Waals surface area contributed by atoms with Crippen molar-refractivity contribution in [2.24, 2.45) is 5.92 Å². The van der Waals surface area contributed by atoms with Gasteiger partial charge in [0.2, 0.25) is 0 Å². The number of aromatic amines is 1. The van der Waals surface area contributed by atoms with E-state index in [9.17, 15) is 4.79 Å². The van der Waals surface area contributed by atoms with Crippen LogP contribution in [0.4, 0.5) is 0 Å². The molecule has 1 amide bonds. The van der Waals surface area contributed by atoms with Crippen LogP contribution in [0.15, 0.2) is 18.3 Å². The van der Waals surface area contributed by atoms with Gasteiger partial charge >= 0.3 is 0 Å². The van der Waals surface area contributed by atoms with Gasteiger partial charge in [-0.3, -0.25) is 4.79 Å². The maximum absolute atomic E-state index is 11.9. The molecule has 0 saturated carbocycles. The van der Waals surface area contributed by atoms with Gasteiger partial charge in [0, 0.05) is 12.2 Å². The zero-order valence-electron chi connectivity index (χ0n) is 10.6. The van der Waals surface area contributed by atoms with Crippen molar-refractivity contribution in [3.05, 3.63) is 28.5 Å². The lowest BCUT2D eigenvalue weighted by Crippen LogP contribution is -2.33. The van der Waals surface area contributed by atoms with Gasteiger partial charge in [0.15, 0.2) is 0 Å². The molecule has 0 aliphatic carbocycles. The molecule has 0 aliphatic heterocycles. The van der Waals surface area contributed by atoms with E-state index in [4.69, 9.17) is 12.2 Å². The molecule has 1 unspecified atom stereocenters. The molecule has 4 heteroatoms. The lowest BCUT2D eigenvalue weighted by Gasteiger charge is -2.15. The minimum absolute atomic E-state index is 0.0943. The van der Waals surface area contributed by atoms with E-state index in [1.54, 1.807) is 18.3 Å². The standard InChI is InChI=1S/C13H20N2OS/c1-9(2)6-7-10(3)15-12(16)11-5-4-8-14-13(11)17/h4-5,8-10H,6-7H2,1-3H3,(H,14,17)(H,15,16). The van der Waals surface area contributed by atoms with Crippen molar-refractivity contribution in [1.82, 2.24) is 10.3 Å². The lowest BCUT2D eigenvalue weighted by molar-refractivity contribution is 0.0936. The number of rotatable bonds is 5. The number of pyridine rings is 1. The number of hydrogen-bond donors (Lipinski definition) is 2. The molecule has 0 bridgehead atoms. The SMILES string of the molecule is CC(C)CCC(C)NC(=O)c1ccc[nH]c1=S. The maximum Gasteiger partial charge on any atom is 0.254 e. The minimum atomic E-state index is -0.0943. The summed E-state index contributed by atoms with van der Waals surface area (Å²) in [5.74, 6) is 0.567. The molecule has 1 heterocycles. The molecule has 1 aromatic rings. The molecule has 0 fully saturated rings. The molecule has 0 aromatic carbocycles. The third kappa shape index (κ3) is 4.69. The highest BCUT2D eigenvalue weighted by molar-refractivity contribution is 7.71. The molecule has 94 valence electrons. The van der Waals surface area contributed by atoms with Gasteiger partial charge in [0.1, 0.15) is 4.64 Å². The predicted molar refractivity (Wildman–Crippen MR) is 72.6 cm³/mol. The highest BCUT2D eigenvalue weighted by Gasteiger charge is 2.11. The molecule has 0 saturated heterocycles. The Balaban J connectivity index is 2.55. The third-order valence-corrected chi connectivity index (χ3v) is 2.96. The van der Waals surface area contributed by atoms with Crippen molar-refractivity contribution in [3.63, 3.8) is 0 Å². The van der Waals surface area contributed by atoms with Crippen molar-refractivity contribution in [2.75, 3.05) is 0 Å². The van der Waals surface area contributed by atoms with Crippen molar-refractivity contribution in [1.29, 1.82) is 0 Å². The van der Waals surface area contributed by atoms with Crippen LogP contribution < -0.4 is 5.32 Å². The first-order chi connectivity index (χ1) is 8.00. The number of carbonyl (C=O) groups excluding carboxylic acids is 1. The van der Waals surface area contributed by atoms with Crippen LogP contribution in [0.5, 0.6) is 0 Å². The fraction of sp³-hybridized carbons (Fsp3) is 0.538.